The molecule has 0 aliphatic rings. The average molecular weight is 623 g/mol. The number of carboxylic acids is 2. The van der Waals surface area contributed by atoms with E-state index in [4.69, 9.17) is 5.11 Å². The number of anilines is 2. The van der Waals surface area contributed by atoms with Crippen molar-refractivity contribution in [1.29, 1.82) is 0 Å². The van der Waals surface area contributed by atoms with Gasteiger partial charge in [-0.1, -0.05) is 27.7 Å². The maximum atomic E-state index is 12.9. The smallest absolute Gasteiger partial charge is 0.326 e. The summed E-state index contributed by atoms with van der Waals surface area (Å²) in [4.78, 5) is 84.5. The van der Waals surface area contributed by atoms with E-state index in [-0.39, 0.29) is 36.6 Å². The Balaban J connectivity index is 2.83. The van der Waals surface area contributed by atoms with Crippen LogP contribution in [0.4, 0.5) is 16.2 Å². The summed E-state index contributed by atoms with van der Waals surface area (Å²) in [7, 11) is 0. The van der Waals surface area contributed by atoms with Crippen LogP contribution in [-0.2, 0) is 28.8 Å². The van der Waals surface area contributed by atoms with Crippen molar-refractivity contribution in [3.8, 4) is 0 Å². The van der Waals surface area contributed by atoms with Crippen LogP contribution in [0.2, 0.25) is 0 Å². The Kier molecular flexibility index (Phi) is 15.3. The molecule has 0 saturated heterocycles. The van der Waals surface area contributed by atoms with Crippen molar-refractivity contribution < 1.29 is 48.9 Å². The molecule has 0 spiro atoms. The number of aliphatic hydroxyl groups is 1. The number of rotatable bonds is 17. The van der Waals surface area contributed by atoms with Crippen LogP contribution in [0.5, 0.6) is 0 Å². The molecule has 4 atom stereocenters. The Morgan fingerprint density at radius 1 is 0.705 bits per heavy atom. The molecule has 44 heavy (non-hydrogen) atoms. The van der Waals surface area contributed by atoms with Crippen molar-refractivity contribution in [2.45, 2.75) is 78.0 Å². The topological polar surface area (TPSA) is 252 Å². The molecule has 16 nitrogen and oxygen atoms in total. The average Bonchev–Trinajstić information content (AvgIpc) is 2.92. The number of carboxylic acid groups (broad SMARTS) is 2. The number of urea groups is 1. The van der Waals surface area contributed by atoms with Gasteiger partial charge >= 0.3 is 18.0 Å². The maximum absolute atomic E-state index is 12.9. The van der Waals surface area contributed by atoms with Crippen molar-refractivity contribution in [3.63, 3.8) is 0 Å². The Bertz CT molecular complexity index is 1190. The van der Waals surface area contributed by atoms with Gasteiger partial charge in [-0.15, -0.1) is 0 Å². The van der Waals surface area contributed by atoms with Gasteiger partial charge in [0.25, 0.3) is 0 Å². The first-order valence-corrected chi connectivity index (χ1v) is 14.0. The number of amides is 6. The van der Waals surface area contributed by atoms with E-state index >= 15 is 0 Å². The Hall–Kier alpha value is -4.73. The van der Waals surface area contributed by atoms with Crippen LogP contribution in [0.25, 0.3) is 0 Å². The standard InChI is InChI=1S/C28H42N6O10/c1-14(2)12-20(25(40)34-23(15(3)4)27(42)43)32-26(41)21(13-35)33-28(44)31-18-8-6-17(7-9-18)30-24(39)19(29-16(5)36)10-11-22(37)38/h6-9,14-15,19-21,23,35H,10-13H2,1-5H3,(H,29,36)(H,30,39)(H,32,41)(H,34,40)(H,37,38)(H,42,43)(H2,31,33,44)/t19-,20-,21-,23-/m0/s1. The normalized spacial score (nSPS) is 13.5. The number of hydrogen-bond acceptors (Lipinski definition) is 8. The molecule has 0 fully saturated rings. The molecular formula is C28H42N6O10. The van der Waals surface area contributed by atoms with E-state index < -0.39 is 78.3 Å². The molecule has 6 amide bonds. The fourth-order valence-electron chi connectivity index (χ4n) is 3.91. The van der Waals surface area contributed by atoms with E-state index in [1.54, 1.807) is 27.7 Å². The first-order valence-electron chi connectivity index (χ1n) is 14.0. The van der Waals surface area contributed by atoms with Crippen LogP contribution in [0.15, 0.2) is 24.3 Å². The summed E-state index contributed by atoms with van der Waals surface area (Å²) in [6.45, 7) is 7.24. The summed E-state index contributed by atoms with van der Waals surface area (Å²) in [6, 6.07) is 0.00786. The molecule has 1 rings (SSSR count). The molecule has 0 radical (unpaired) electrons. The van der Waals surface area contributed by atoms with Crippen molar-refractivity contribution in [2.75, 3.05) is 17.2 Å². The highest BCUT2D eigenvalue weighted by atomic mass is 16.4. The van der Waals surface area contributed by atoms with Gasteiger partial charge in [0.1, 0.15) is 24.2 Å². The minimum absolute atomic E-state index is 0.0639. The molecule has 0 heterocycles. The van der Waals surface area contributed by atoms with E-state index in [0.717, 1.165) is 0 Å². The monoisotopic (exact) mass is 622 g/mol. The number of carbonyl (C=O) groups excluding carboxylic acids is 5. The van der Waals surface area contributed by atoms with Gasteiger partial charge < -0.3 is 47.2 Å². The van der Waals surface area contributed by atoms with E-state index in [9.17, 15) is 43.8 Å². The minimum Gasteiger partial charge on any atom is -0.481 e. The quantitative estimate of drug-likeness (QED) is 0.114. The van der Waals surface area contributed by atoms with Crippen LogP contribution >= 0.6 is 0 Å². The summed E-state index contributed by atoms with van der Waals surface area (Å²) < 4.78 is 0. The van der Waals surface area contributed by atoms with Crippen LogP contribution in [0.1, 0.15) is 53.9 Å². The molecule has 16 heteroatoms. The van der Waals surface area contributed by atoms with Gasteiger partial charge in [0.15, 0.2) is 0 Å². The van der Waals surface area contributed by atoms with Crippen molar-refractivity contribution >= 4 is 53.0 Å². The lowest BCUT2D eigenvalue weighted by atomic mass is 10.00. The first-order chi connectivity index (χ1) is 20.5. The minimum atomic E-state index is -1.45. The van der Waals surface area contributed by atoms with Gasteiger partial charge in [0.05, 0.1) is 6.61 Å². The molecule has 244 valence electrons. The first kappa shape index (κ1) is 37.3. The molecule has 0 aromatic heterocycles. The van der Waals surface area contributed by atoms with Crippen LogP contribution in [0.3, 0.4) is 0 Å². The lowest BCUT2D eigenvalue weighted by Gasteiger charge is -2.26. The lowest BCUT2D eigenvalue weighted by molar-refractivity contribution is -0.143. The zero-order valence-corrected chi connectivity index (χ0v) is 25.3. The summed E-state index contributed by atoms with van der Waals surface area (Å²) in [5.74, 6) is -5.56. The predicted molar refractivity (Wildman–Crippen MR) is 158 cm³/mol. The number of benzene rings is 1. The van der Waals surface area contributed by atoms with Gasteiger partial charge in [-0.05, 0) is 48.9 Å². The predicted octanol–water partition coefficient (Wildman–Crippen LogP) is 0.233. The van der Waals surface area contributed by atoms with E-state index in [0.29, 0.717) is 0 Å². The molecular weight excluding hydrogens is 580 g/mol. The third-order valence-electron chi connectivity index (χ3n) is 6.13. The fraction of sp³-hybridized carbons (Fsp3) is 0.536. The number of hydrogen-bond donors (Lipinski definition) is 9. The molecule has 0 aliphatic heterocycles. The van der Waals surface area contributed by atoms with Crippen LogP contribution in [-0.4, -0.2) is 87.7 Å². The van der Waals surface area contributed by atoms with E-state index in [1.807, 2.05) is 0 Å². The van der Waals surface area contributed by atoms with Gasteiger partial charge in [0.2, 0.25) is 23.6 Å². The second kappa shape index (κ2) is 18.0. The maximum Gasteiger partial charge on any atom is 0.326 e. The molecule has 9 N–H and O–H groups in total. The molecule has 1 aromatic rings. The molecule has 0 bridgehead atoms. The second-order valence-electron chi connectivity index (χ2n) is 10.8. The third-order valence-corrected chi connectivity index (χ3v) is 6.13. The Labute approximate surface area is 254 Å². The van der Waals surface area contributed by atoms with E-state index in [1.165, 1.54) is 31.2 Å². The van der Waals surface area contributed by atoms with Crippen molar-refractivity contribution in [3.05, 3.63) is 24.3 Å². The summed E-state index contributed by atoms with van der Waals surface area (Å²) in [5.41, 5.74) is 0.531. The highest BCUT2D eigenvalue weighted by Gasteiger charge is 2.31. The molecule has 0 unspecified atom stereocenters. The highest BCUT2D eigenvalue weighted by molar-refractivity contribution is 5.98. The van der Waals surface area contributed by atoms with Crippen molar-refractivity contribution in [2.24, 2.45) is 11.8 Å². The second-order valence-corrected chi connectivity index (χ2v) is 10.8. The zero-order valence-electron chi connectivity index (χ0n) is 25.3. The third kappa shape index (κ3) is 13.5. The SMILES string of the molecule is CC(=O)N[C@@H](CCC(=O)O)C(=O)Nc1ccc(NC(=O)N[C@@H](CO)C(=O)N[C@@H](CC(C)C)C(=O)N[C@H](C(=O)O)C(C)C)cc1. The van der Waals surface area contributed by atoms with E-state index in [2.05, 4.69) is 31.9 Å². The largest absolute Gasteiger partial charge is 0.481 e. The van der Waals surface area contributed by atoms with Crippen LogP contribution < -0.4 is 31.9 Å². The summed E-state index contributed by atoms with van der Waals surface area (Å²) >= 11 is 0. The Morgan fingerprint density at radius 3 is 1.70 bits per heavy atom. The summed E-state index contributed by atoms with van der Waals surface area (Å²) in [6.07, 6.45) is -0.289. The molecule has 0 aliphatic carbocycles. The number of carbonyl (C=O) groups is 7. The van der Waals surface area contributed by atoms with Crippen LogP contribution in [0, 0.1) is 11.8 Å². The van der Waals surface area contributed by atoms with Gasteiger partial charge in [0, 0.05) is 24.7 Å². The van der Waals surface area contributed by atoms with Gasteiger partial charge in [-0.3, -0.25) is 24.0 Å². The highest BCUT2D eigenvalue weighted by Crippen LogP contribution is 2.15. The van der Waals surface area contributed by atoms with Crippen molar-refractivity contribution in [1.82, 2.24) is 21.3 Å². The van der Waals surface area contributed by atoms with Gasteiger partial charge in [-0.2, -0.15) is 0 Å². The molecule has 1 aromatic carbocycles. The van der Waals surface area contributed by atoms with Gasteiger partial charge in [-0.25, -0.2) is 9.59 Å². The summed E-state index contributed by atoms with van der Waals surface area (Å²) in [5, 5.41) is 42.6. The Morgan fingerprint density at radius 2 is 1.25 bits per heavy atom. The molecule has 0 saturated carbocycles. The number of aliphatic hydroxyl groups excluding tert-OH is 1. The lowest BCUT2D eigenvalue weighted by Crippen LogP contribution is -2.57. The zero-order chi connectivity index (χ0) is 33.6. The number of nitrogens with one attached hydrogen (secondary N) is 6. The number of aliphatic carboxylic acids is 2. The fourth-order valence-corrected chi connectivity index (χ4v) is 3.91.